The molecule has 0 aliphatic carbocycles. The van der Waals surface area contributed by atoms with Crippen LogP contribution in [-0.4, -0.2) is 50.1 Å². The molecule has 0 saturated heterocycles. The second kappa shape index (κ2) is 9.11. The van der Waals surface area contributed by atoms with Crippen LogP contribution in [0.4, 0.5) is 0 Å². The highest BCUT2D eigenvalue weighted by Gasteiger charge is 2.07. The van der Waals surface area contributed by atoms with Crippen LogP contribution in [0, 0.1) is 11.8 Å². The van der Waals surface area contributed by atoms with Gasteiger partial charge >= 0.3 is 0 Å². The molecule has 0 saturated carbocycles. The summed E-state index contributed by atoms with van der Waals surface area (Å²) in [7, 11) is 4.24. The van der Waals surface area contributed by atoms with Gasteiger partial charge in [-0.1, -0.05) is 18.8 Å². The predicted molar refractivity (Wildman–Crippen MR) is 84.4 cm³/mol. The van der Waals surface area contributed by atoms with Crippen molar-refractivity contribution in [1.29, 1.82) is 0 Å². The molecule has 0 bridgehead atoms. The molecule has 1 heterocycles. The molecule has 1 aromatic rings. The van der Waals surface area contributed by atoms with Gasteiger partial charge in [0.05, 0.1) is 6.54 Å². The van der Waals surface area contributed by atoms with Gasteiger partial charge in [-0.15, -0.1) is 11.3 Å². The molecule has 0 radical (unpaired) electrons. The molecular weight excluding hydrogens is 254 g/mol. The highest BCUT2D eigenvalue weighted by atomic mass is 32.1. The van der Waals surface area contributed by atoms with Crippen molar-refractivity contribution < 1.29 is 0 Å². The summed E-state index contributed by atoms with van der Waals surface area (Å²) in [5.74, 6) is 5.99. The molecule has 0 spiro atoms. The fraction of sp³-hybridized carbons (Fsp3) is 0.600. The van der Waals surface area contributed by atoms with Gasteiger partial charge in [0.25, 0.3) is 0 Å². The summed E-state index contributed by atoms with van der Waals surface area (Å²) in [5, 5.41) is 2.12. The van der Waals surface area contributed by atoms with Gasteiger partial charge in [0.15, 0.2) is 0 Å². The van der Waals surface area contributed by atoms with Crippen LogP contribution in [-0.2, 0) is 6.54 Å². The molecule has 1 rings (SSSR count). The summed E-state index contributed by atoms with van der Waals surface area (Å²) in [6.45, 7) is 7.05. The first-order chi connectivity index (χ1) is 9.15. The topological polar surface area (TPSA) is 32.5 Å². The number of nitrogens with two attached hydrogens (primary N) is 1. The summed E-state index contributed by atoms with van der Waals surface area (Å²) in [5.41, 5.74) is 6.48. The van der Waals surface area contributed by atoms with Crippen molar-refractivity contribution in [2.24, 2.45) is 5.73 Å². The standard InChI is InChI=1S/C15H25N3S/c1-4-8-18(10-9-17(2)3)12-15-11-14(13-19-15)6-5-7-16/h11,13H,4,7-10,12,16H2,1-3H3. The lowest BCUT2D eigenvalue weighted by Crippen LogP contribution is -2.31. The average Bonchev–Trinajstić information content (AvgIpc) is 2.81. The Morgan fingerprint density at radius 3 is 2.68 bits per heavy atom. The first-order valence-electron chi connectivity index (χ1n) is 6.79. The Kier molecular flexibility index (Phi) is 7.76. The van der Waals surface area contributed by atoms with E-state index < -0.39 is 0 Å². The van der Waals surface area contributed by atoms with Crippen LogP contribution in [0.3, 0.4) is 0 Å². The Morgan fingerprint density at radius 2 is 2.05 bits per heavy atom. The summed E-state index contributed by atoms with van der Waals surface area (Å²) >= 11 is 1.79. The second-order valence-corrected chi connectivity index (χ2v) is 5.88. The lowest BCUT2D eigenvalue weighted by molar-refractivity contribution is 0.235. The van der Waals surface area contributed by atoms with Crippen LogP contribution >= 0.6 is 11.3 Å². The van der Waals surface area contributed by atoms with Gasteiger partial charge in [-0.3, -0.25) is 4.90 Å². The molecule has 0 aliphatic rings. The van der Waals surface area contributed by atoms with Crippen LogP contribution < -0.4 is 5.73 Å². The van der Waals surface area contributed by atoms with Gasteiger partial charge in [0, 0.05) is 35.5 Å². The summed E-state index contributed by atoms with van der Waals surface area (Å²) in [4.78, 5) is 6.12. The zero-order valence-electron chi connectivity index (χ0n) is 12.3. The highest BCUT2D eigenvalue weighted by molar-refractivity contribution is 7.10. The Morgan fingerprint density at radius 1 is 1.26 bits per heavy atom. The van der Waals surface area contributed by atoms with E-state index in [2.05, 4.69) is 54.1 Å². The average molecular weight is 279 g/mol. The fourth-order valence-corrected chi connectivity index (χ4v) is 2.69. The van der Waals surface area contributed by atoms with Crippen LogP contribution in [0.2, 0.25) is 0 Å². The van der Waals surface area contributed by atoms with Gasteiger partial charge in [0.2, 0.25) is 0 Å². The van der Waals surface area contributed by atoms with E-state index in [0.717, 1.165) is 31.7 Å². The largest absolute Gasteiger partial charge is 0.320 e. The Balaban J connectivity index is 2.55. The molecule has 1 aromatic heterocycles. The van der Waals surface area contributed by atoms with Crippen molar-refractivity contribution >= 4 is 11.3 Å². The van der Waals surface area contributed by atoms with Gasteiger partial charge in [-0.05, 0) is 33.1 Å². The lowest BCUT2D eigenvalue weighted by atomic mass is 10.3. The van der Waals surface area contributed by atoms with Crippen LogP contribution in [0.5, 0.6) is 0 Å². The fourth-order valence-electron chi connectivity index (χ4n) is 1.83. The first-order valence-corrected chi connectivity index (χ1v) is 7.67. The van der Waals surface area contributed by atoms with E-state index in [1.807, 2.05) is 0 Å². The van der Waals surface area contributed by atoms with Gasteiger partial charge < -0.3 is 10.6 Å². The zero-order valence-corrected chi connectivity index (χ0v) is 13.1. The van der Waals surface area contributed by atoms with Gasteiger partial charge in [-0.2, -0.15) is 0 Å². The molecular formula is C15H25N3S. The van der Waals surface area contributed by atoms with E-state index in [1.54, 1.807) is 11.3 Å². The highest BCUT2D eigenvalue weighted by Crippen LogP contribution is 2.16. The van der Waals surface area contributed by atoms with Crippen LogP contribution in [0.1, 0.15) is 23.8 Å². The minimum absolute atomic E-state index is 0.427. The maximum Gasteiger partial charge on any atom is 0.0555 e. The molecule has 19 heavy (non-hydrogen) atoms. The molecule has 0 aromatic carbocycles. The lowest BCUT2D eigenvalue weighted by Gasteiger charge is -2.22. The van der Waals surface area contributed by atoms with Crippen molar-refractivity contribution in [3.8, 4) is 11.8 Å². The van der Waals surface area contributed by atoms with Crippen molar-refractivity contribution in [2.75, 3.05) is 40.3 Å². The third-order valence-corrected chi connectivity index (χ3v) is 3.69. The number of hydrogen-bond acceptors (Lipinski definition) is 4. The number of thiophene rings is 1. The van der Waals surface area contributed by atoms with E-state index in [9.17, 15) is 0 Å². The Hall–Kier alpha value is -0.860. The SMILES string of the molecule is CCCN(CCN(C)C)Cc1cc(C#CCN)cs1. The minimum atomic E-state index is 0.427. The molecule has 2 N–H and O–H groups in total. The molecule has 0 amide bonds. The van der Waals surface area contributed by atoms with E-state index in [0.29, 0.717) is 6.54 Å². The maximum absolute atomic E-state index is 5.39. The minimum Gasteiger partial charge on any atom is -0.320 e. The molecule has 0 aliphatic heterocycles. The Bertz CT molecular complexity index is 415. The van der Waals surface area contributed by atoms with Crippen molar-refractivity contribution in [3.63, 3.8) is 0 Å². The van der Waals surface area contributed by atoms with E-state index in [4.69, 9.17) is 5.73 Å². The number of likely N-dealkylation sites (N-methyl/N-ethyl adjacent to an activating group) is 1. The maximum atomic E-state index is 5.39. The van der Waals surface area contributed by atoms with Crippen molar-refractivity contribution in [1.82, 2.24) is 9.80 Å². The first kappa shape index (κ1) is 16.2. The number of rotatable bonds is 7. The third-order valence-electron chi connectivity index (χ3n) is 2.77. The number of hydrogen-bond donors (Lipinski definition) is 1. The summed E-state index contributed by atoms with van der Waals surface area (Å²) in [6.07, 6.45) is 1.19. The monoisotopic (exact) mass is 279 g/mol. The van der Waals surface area contributed by atoms with Gasteiger partial charge in [-0.25, -0.2) is 0 Å². The molecule has 3 nitrogen and oxygen atoms in total. The molecule has 0 atom stereocenters. The molecule has 106 valence electrons. The van der Waals surface area contributed by atoms with Crippen molar-refractivity contribution in [2.45, 2.75) is 19.9 Å². The Labute approximate surface area is 121 Å². The predicted octanol–water partition coefficient (Wildman–Crippen LogP) is 1.83. The van der Waals surface area contributed by atoms with Crippen molar-refractivity contribution in [3.05, 3.63) is 21.9 Å². The third kappa shape index (κ3) is 6.74. The van der Waals surface area contributed by atoms with Gasteiger partial charge in [0.1, 0.15) is 0 Å². The quantitative estimate of drug-likeness (QED) is 0.773. The van der Waals surface area contributed by atoms with E-state index in [1.165, 1.54) is 11.3 Å². The zero-order chi connectivity index (χ0) is 14.1. The van der Waals surface area contributed by atoms with Crippen LogP contribution in [0.15, 0.2) is 11.4 Å². The van der Waals surface area contributed by atoms with E-state index >= 15 is 0 Å². The molecule has 0 fully saturated rings. The second-order valence-electron chi connectivity index (χ2n) is 4.89. The summed E-state index contributed by atoms with van der Waals surface area (Å²) < 4.78 is 0. The summed E-state index contributed by atoms with van der Waals surface area (Å²) in [6, 6.07) is 2.19. The van der Waals surface area contributed by atoms with E-state index in [-0.39, 0.29) is 0 Å². The van der Waals surface area contributed by atoms with Crippen LogP contribution in [0.25, 0.3) is 0 Å². The molecule has 4 heteroatoms. The smallest absolute Gasteiger partial charge is 0.0555 e. The normalized spacial score (nSPS) is 10.8. The molecule has 0 unspecified atom stereocenters. The number of nitrogens with zero attached hydrogens (tertiary/aromatic N) is 2.